The molecule has 4 heteroatoms. The Bertz CT molecular complexity index is 1080. The number of benzene rings is 3. The Hall–Kier alpha value is -1.52. The summed E-state index contributed by atoms with van der Waals surface area (Å²) in [6, 6.07) is 15.5. The Morgan fingerprint density at radius 1 is 0.647 bits per heavy atom. The maximum Gasteiger partial charge on any atom is 0.136 e. The predicted octanol–water partition coefficient (Wildman–Crippen LogP) is 9.36. The summed E-state index contributed by atoms with van der Waals surface area (Å²) in [6.45, 7) is 2.22. The molecule has 0 unspecified atom stereocenters. The second-order valence-electron chi connectivity index (χ2n) is 9.82. The molecule has 0 aliphatic heterocycles. The molecule has 2 fully saturated rings. The molecule has 3 aromatic rings. The zero-order chi connectivity index (χ0) is 23.2. The number of hydrogen-bond donors (Lipinski definition) is 0. The summed E-state index contributed by atoms with van der Waals surface area (Å²) in [7, 11) is 0. The van der Waals surface area contributed by atoms with Crippen molar-refractivity contribution in [3.8, 4) is 11.5 Å². The molecule has 0 aromatic heterocycles. The van der Waals surface area contributed by atoms with Crippen molar-refractivity contribution in [1.82, 2.24) is 0 Å². The summed E-state index contributed by atoms with van der Waals surface area (Å²) in [6.07, 6.45) is 14.6. The van der Waals surface area contributed by atoms with Gasteiger partial charge >= 0.3 is 0 Å². The summed E-state index contributed by atoms with van der Waals surface area (Å²) in [4.78, 5) is 0. The van der Waals surface area contributed by atoms with E-state index in [4.69, 9.17) is 9.47 Å². The monoisotopic (exact) mass is 494 g/mol. The normalized spacial score (nSPS) is 17.9. The third-order valence-corrected chi connectivity index (χ3v) is 9.91. The highest BCUT2D eigenvalue weighted by Gasteiger charge is 2.19. The lowest BCUT2D eigenvalue weighted by Gasteiger charge is -2.23. The maximum absolute atomic E-state index is 6.59. The summed E-state index contributed by atoms with van der Waals surface area (Å²) in [5, 5.41) is 6.21. The van der Waals surface area contributed by atoms with Gasteiger partial charge in [0.05, 0.1) is 0 Å². The Kier molecular flexibility index (Phi) is 8.50. The molecule has 3 aromatic carbocycles. The van der Waals surface area contributed by atoms with Crippen LogP contribution in [0.2, 0.25) is 0 Å². The molecule has 0 atom stereocenters. The first-order valence-electron chi connectivity index (χ1n) is 13.3. The molecule has 2 aliphatic rings. The van der Waals surface area contributed by atoms with Crippen LogP contribution in [0.25, 0.3) is 21.5 Å². The van der Waals surface area contributed by atoms with Crippen LogP contribution in [0.15, 0.2) is 42.5 Å². The van der Waals surface area contributed by atoms with Crippen LogP contribution < -0.4 is 9.47 Å². The van der Waals surface area contributed by atoms with E-state index in [9.17, 15) is 0 Å². The fourth-order valence-electron chi connectivity index (χ4n) is 5.52. The molecule has 5 rings (SSSR count). The molecule has 0 heterocycles. The number of fused-ring (bicyclic) bond motifs is 2. The van der Waals surface area contributed by atoms with Gasteiger partial charge in [-0.1, -0.05) is 81.8 Å². The van der Waals surface area contributed by atoms with E-state index in [0.717, 1.165) is 40.3 Å². The molecule has 0 radical (unpaired) electrons. The quantitative estimate of drug-likeness (QED) is 0.218. The first-order valence-corrected chi connectivity index (χ1v) is 15.4. The Balaban J connectivity index is 1.44. The first kappa shape index (κ1) is 24.2. The van der Waals surface area contributed by atoms with Gasteiger partial charge in [-0.3, -0.25) is 0 Å². The van der Waals surface area contributed by atoms with Gasteiger partial charge in [0, 0.05) is 32.0 Å². The zero-order valence-corrected chi connectivity index (χ0v) is 22.2. The van der Waals surface area contributed by atoms with Crippen LogP contribution in [0, 0.1) is 0 Å². The van der Waals surface area contributed by atoms with Gasteiger partial charge in [-0.25, -0.2) is 0 Å². The van der Waals surface area contributed by atoms with Crippen molar-refractivity contribution >= 4 is 45.1 Å². The summed E-state index contributed by atoms with van der Waals surface area (Å²) in [5.74, 6) is 3.48. The summed E-state index contributed by atoms with van der Waals surface area (Å²) < 4.78 is 13.2. The van der Waals surface area contributed by atoms with Crippen molar-refractivity contribution in [2.75, 3.05) is 11.9 Å². The van der Waals surface area contributed by atoms with Gasteiger partial charge in [-0.05, 0) is 43.7 Å². The minimum atomic E-state index is 0.719. The van der Waals surface area contributed by atoms with Crippen molar-refractivity contribution in [2.24, 2.45) is 0 Å². The van der Waals surface area contributed by atoms with Crippen LogP contribution in [0.5, 0.6) is 11.5 Å². The smallest absolute Gasteiger partial charge is 0.136 e. The zero-order valence-electron chi connectivity index (χ0n) is 20.5. The lowest BCUT2D eigenvalue weighted by atomic mass is 9.98. The highest BCUT2D eigenvalue weighted by atomic mass is 32.2. The van der Waals surface area contributed by atoms with Gasteiger partial charge in [0.25, 0.3) is 0 Å². The molecular formula is C30H38O2S2. The fourth-order valence-corrected chi connectivity index (χ4v) is 7.61. The van der Waals surface area contributed by atoms with Crippen molar-refractivity contribution in [3.63, 3.8) is 0 Å². The van der Waals surface area contributed by atoms with Crippen LogP contribution in [0.1, 0.15) is 76.7 Å². The van der Waals surface area contributed by atoms with E-state index in [1.807, 2.05) is 23.5 Å². The molecule has 2 saturated carbocycles. The van der Waals surface area contributed by atoms with Gasteiger partial charge in [0.15, 0.2) is 0 Å². The van der Waals surface area contributed by atoms with Gasteiger partial charge in [-0.2, -0.15) is 0 Å². The molecule has 182 valence electrons. The van der Waals surface area contributed by atoms with Gasteiger partial charge in [-0.15, -0.1) is 23.5 Å². The average Bonchev–Trinajstić information content (AvgIpc) is 2.90. The Morgan fingerprint density at radius 2 is 1.15 bits per heavy atom. The van der Waals surface area contributed by atoms with E-state index < -0.39 is 0 Å². The molecule has 0 bridgehead atoms. The lowest BCUT2D eigenvalue weighted by molar-refractivity contribution is 0.392. The molecule has 34 heavy (non-hydrogen) atoms. The molecule has 0 N–H and O–H groups in total. The van der Waals surface area contributed by atoms with Crippen molar-refractivity contribution < 1.29 is 9.47 Å². The predicted molar refractivity (Wildman–Crippen MR) is 151 cm³/mol. The van der Waals surface area contributed by atoms with Gasteiger partial charge < -0.3 is 9.47 Å². The minimum absolute atomic E-state index is 0.719. The Morgan fingerprint density at radius 3 is 1.68 bits per heavy atom. The number of aryl methyl sites for hydroxylation is 1. The summed E-state index contributed by atoms with van der Waals surface area (Å²) >= 11 is 3.99. The lowest BCUT2D eigenvalue weighted by Crippen LogP contribution is -2.11. The largest absolute Gasteiger partial charge is 0.482 e. The van der Waals surface area contributed by atoms with E-state index in [2.05, 4.69) is 49.4 Å². The van der Waals surface area contributed by atoms with Crippen LogP contribution >= 0.6 is 23.5 Å². The van der Waals surface area contributed by atoms with Crippen LogP contribution in [0.3, 0.4) is 0 Å². The number of ether oxygens (including phenoxy) is 2. The van der Waals surface area contributed by atoms with E-state index in [1.54, 1.807) is 0 Å². The molecule has 2 aliphatic carbocycles. The third kappa shape index (κ3) is 5.65. The Labute approximate surface area is 213 Å². The summed E-state index contributed by atoms with van der Waals surface area (Å²) in [5.41, 5.74) is 1.34. The van der Waals surface area contributed by atoms with E-state index in [-0.39, 0.29) is 0 Å². The van der Waals surface area contributed by atoms with Crippen LogP contribution in [-0.4, -0.2) is 22.4 Å². The van der Waals surface area contributed by atoms with E-state index >= 15 is 0 Å². The number of thioether (sulfide) groups is 2. The second-order valence-corrected chi connectivity index (χ2v) is 12.3. The topological polar surface area (TPSA) is 18.5 Å². The van der Waals surface area contributed by atoms with Crippen LogP contribution in [-0.2, 0) is 6.42 Å². The van der Waals surface area contributed by atoms with E-state index in [0.29, 0.717) is 0 Å². The highest BCUT2D eigenvalue weighted by Crippen LogP contribution is 2.44. The van der Waals surface area contributed by atoms with Gasteiger partial charge in [0.1, 0.15) is 23.4 Å². The fraction of sp³-hybridized carbons (Fsp3) is 0.533. The van der Waals surface area contributed by atoms with Crippen LogP contribution in [0.4, 0.5) is 0 Å². The standard InChI is InChI=1S/C30H38O2S2/c1-2-22-17-18-27-28(19-22)30(32-21-34-24-13-7-4-8-14-24)26-16-10-9-15-25(26)29(27)31-20-33-23-11-5-3-6-12-23/h9-10,15-19,23-24H,2-8,11-14,20-21H2,1H3. The third-order valence-electron chi connectivity index (χ3n) is 7.52. The molecular weight excluding hydrogens is 456 g/mol. The number of hydrogen-bond acceptors (Lipinski definition) is 4. The first-order chi connectivity index (χ1) is 16.8. The molecule has 2 nitrogen and oxygen atoms in total. The van der Waals surface area contributed by atoms with Gasteiger partial charge in [0.2, 0.25) is 0 Å². The van der Waals surface area contributed by atoms with Crippen molar-refractivity contribution in [3.05, 3.63) is 48.0 Å². The minimum Gasteiger partial charge on any atom is -0.482 e. The van der Waals surface area contributed by atoms with Crippen molar-refractivity contribution in [2.45, 2.75) is 88.1 Å². The molecule has 0 saturated heterocycles. The highest BCUT2D eigenvalue weighted by molar-refractivity contribution is 8.00. The molecule has 0 spiro atoms. The van der Waals surface area contributed by atoms with Crippen molar-refractivity contribution in [1.29, 1.82) is 0 Å². The SMILES string of the molecule is CCc1ccc2c(OCSC3CCCCC3)c3ccccc3c(OCSC3CCCCC3)c2c1. The van der Waals surface area contributed by atoms with E-state index in [1.165, 1.54) is 91.3 Å². The number of rotatable bonds is 9. The molecule has 0 amide bonds. The average molecular weight is 495 g/mol. The maximum atomic E-state index is 6.59. The second kappa shape index (κ2) is 11.9.